The summed E-state index contributed by atoms with van der Waals surface area (Å²) in [7, 11) is -9.87. The van der Waals surface area contributed by atoms with Crippen molar-refractivity contribution >= 4 is 39.5 Å². The Hall–Kier alpha value is -1.94. The third kappa shape index (κ3) is 55.3. The monoisotopic (exact) mass is 1180 g/mol. The lowest BCUT2D eigenvalue weighted by molar-refractivity contribution is -0.161. The molecule has 0 spiro atoms. The molecule has 0 saturated carbocycles. The molecule has 80 heavy (non-hydrogen) atoms. The topological polar surface area (TPSA) is 237 Å². The number of aliphatic hydroxyl groups excluding tert-OH is 1. The number of esters is 4. The molecule has 0 radical (unpaired) electrons. The zero-order chi connectivity index (χ0) is 59.2. The number of rotatable bonds is 61. The highest BCUT2D eigenvalue weighted by Gasteiger charge is 2.30. The van der Waals surface area contributed by atoms with Gasteiger partial charge in [-0.1, -0.05) is 253 Å². The number of aliphatic hydroxyl groups is 1. The lowest BCUT2D eigenvalue weighted by Crippen LogP contribution is -2.30. The van der Waals surface area contributed by atoms with Crippen molar-refractivity contribution in [2.45, 2.75) is 323 Å². The van der Waals surface area contributed by atoms with E-state index in [1.807, 2.05) is 0 Å². The summed E-state index contributed by atoms with van der Waals surface area (Å²) in [6.45, 7) is 7.06. The first-order valence-corrected chi connectivity index (χ1v) is 35.1. The Labute approximate surface area is 486 Å². The van der Waals surface area contributed by atoms with Crippen LogP contribution in [0.3, 0.4) is 0 Å². The van der Waals surface area contributed by atoms with E-state index in [0.717, 1.165) is 121 Å². The molecule has 0 aromatic rings. The van der Waals surface area contributed by atoms with Crippen LogP contribution in [0.4, 0.5) is 0 Å². The normalized spacial score (nSPS) is 14.3. The van der Waals surface area contributed by atoms with Gasteiger partial charge in [-0.15, -0.1) is 0 Å². The van der Waals surface area contributed by atoms with Crippen molar-refractivity contribution in [2.75, 3.05) is 39.6 Å². The second-order valence-corrected chi connectivity index (χ2v) is 25.5. The molecule has 0 fully saturated rings. The molecule has 0 bridgehead atoms. The third-order valence-electron chi connectivity index (χ3n) is 14.0. The number of phosphoric acid groups is 2. The summed E-state index contributed by atoms with van der Waals surface area (Å²) in [6, 6.07) is 0. The van der Waals surface area contributed by atoms with Gasteiger partial charge in [0.15, 0.2) is 12.2 Å². The molecule has 2 unspecified atom stereocenters. The summed E-state index contributed by atoms with van der Waals surface area (Å²) in [5, 5.41) is 10.5. The predicted molar refractivity (Wildman–Crippen MR) is 317 cm³/mol. The van der Waals surface area contributed by atoms with Crippen LogP contribution in [-0.2, 0) is 65.4 Å². The van der Waals surface area contributed by atoms with Crippen LogP contribution in [-0.4, -0.2) is 96.7 Å². The lowest BCUT2D eigenvalue weighted by Gasteiger charge is -2.21. The van der Waals surface area contributed by atoms with Crippen LogP contribution in [0, 0.1) is 5.92 Å². The molecule has 0 amide bonds. The van der Waals surface area contributed by atoms with Crippen molar-refractivity contribution in [2.24, 2.45) is 5.92 Å². The van der Waals surface area contributed by atoms with E-state index in [2.05, 4.69) is 34.6 Å². The summed E-state index contributed by atoms with van der Waals surface area (Å²) >= 11 is 0. The minimum Gasteiger partial charge on any atom is -0.462 e. The Morgan fingerprint density at radius 3 is 0.850 bits per heavy atom. The molecule has 0 aliphatic heterocycles. The molecule has 0 heterocycles. The van der Waals surface area contributed by atoms with E-state index in [1.54, 1.807) is 0 Å². The first-order chi connectivity index (χ1) is 38.5. The molecule has 0 saturated heterocycles. The molecule has 5 atom stereocenters. The first kappa shape index (κ1) is 78.1. The molecule has 0 aromatic heterocycles. The van der Waals surface area contributed by atoms with Crippen molar-refractivity contribution < 1.29 is 80.2 Å². The molecule has 0 rings (SSSR count). The third-order valence-corrected chi connectivity index (χ3v) is 15.9. The second-order valence-electron chi connectivity index (χ2n) is 22.6. The number of carbonyl (C=O) groups excluding carboxylic acids is 4. The van der Waals surface area contributed by atoms with Gasteiger partial charge < -0.3 is 33.8 Å². The Morgan fingerprint density at radius 1 is 0.338 bits per heavy atom. The van der Waals surface area contributed by atoms with Crippen LogP contribution in [0.25, 0.3) is 0 Å². The molecule has 17 nitrogen and oxygen atoms in total. The van der Waals surface area contributed by atoms with E-state index in [9.17, 15) is 43.2 Å². The zero-order valence-corrected chi connectivity index (χ0v) is 53.0. The number of phosphoric ester groups is 2. The average molecular weight is 1190 g/mol. The van der Waals surface area contributed by atoms with E-state index in [-0.39, 0.29) is 25.7 Å². The van der Waals surface area contributed by atoms with Gasteiger partial charge in [-0.3, -0.25) is 37.3 Å². The maximum absolute atomic E-state index is 12.9. The lowest BCUT2D eigenvalue weighted by atomic mass is 10.0. The fourth-order valence-corrected chi connectivity index (χ4v) is 10.6. The maximum Gasteiger partial charge on any atom is 0.472 e. The highest BCUT2D eigenvalue weighted by Crippen LogP contribution is 2.45. The quantitative estimate of drug-likeness (QED) is 0.0222. The Balaban J connectivity index is 5.18. The number of hydrogen-bond donors (Lipinski definition) is 3. The van der Waals surface area contributed by atoms with Crippen LogP contribution in [0.1, 0.15) is 304 Å². The fraction of sp³-hybridized carbons (Fsp3) is 0.934. The fourth-order valence-electron chi connectivity index (χ4n) is 9.05. The largest absolute Gasteiger partial charge is 0.472 e. The summed E-state index contributed by atoms with van der Waals surface area (Å²) in [5.74, 6) is -1.42. The predicted octanol–water partition coefficient (Wildman–Crippen LogP) is 16.6. The number of unbranched alkanes of at least 4 members (excludes halogenated alkanes) is 33. The minimum absolute atomic E-state index is 0.103. The van der Waals surface area contributed by atoms with Crippen molar-refractivity contribution in [3.63, 3.8) is 0 Å². The molecule has 19 heteroatoms. The number of hydrogen-bond acceptors (Lipinski definition) is 15. The summed E-state index contributed by atoms with van der Waals surface area (Å²) in [4.78, 5) is 71.8. The van der Waals surface area contributed by atoms with E-state index < -0.39 is 97.5 Å². The molecule has 3 N–H and O–H groups in total. The summed E-state index contributed by atoms with van der Waals surface area (Å²) < 4.78 is 67.7. The van der Waals surface area contributed by atoms with Gasteiger partial charge in [-0.25, -0.2) is 9.13 Å². The van der Waals surface area contributed by atoms with Gasteiger partial charge in [-0.05, 0) is 31.6 Å². The van der Waals surface area contributed by atoms with Gasteiger partial charge in [0.05, 0.1) is 26.4 Å². The first-order valence-electron chi connectivity index (χ1n) is 32.1. The van der Waals surface area contributed by atoms with Gasteiger partial charge in [0.1, 0.15) is 19.3 Å². The van der Waals surface area contributed by atoms with Gasteiger partial charge in [0, 0.05) is 25.7 Å². The second kappa shape index (κ2) is 55.0. The zero-order valence-electron chi connectivity index (χ0n) is 51.2. The van der Waals surface area contributed by atoms with Crippen LogP contribution in [0.15, 0.2) is 0 Å². The molecule has 0 aliphatic carbocycles. The van der Waals surface area contributed by atoms with Crippen molar-refractivity contribution in [3.8, 4) is 0 Å². The van der Waals surface area contributed by atoms with Crippen molar-refractivity contribution in [1.29, 1.82) is 0 Å². The van der Waals surface area contributed by atoms with Crippen molar-refractivity contribution in [1.82, 2.24) is 0 Å². The minimum atomic E-state index is -4.94. The molecule has 0 aromatic carbocycles. The van der Waals surface area contributed by atoms with Crippen LogP contribution < -0.4 is 0 Å². The van der Waals surface area contributed by atoms with Crippen LogP contribution >= 0.6 is 15.6 Å². The summed E-state index contributed by atoms with van der Waals surface area (Å²) in [6.07, 6.45) is 37.8. The van der Waals surface area contributed by atoms with E-state index >= 15 is 0 Å². The highest BCUT2D eigenvalue weighted by molar-refractivity contribution is 7.47. The summed E-state index contributed by atoms with van der Waals surface area (Å²) in [5.41, 5.74) is 0. The maximum atomic E-state index is 12.9. The number of carbonyl (C=O) groups is 4. The highest BCUT2D eigenvalue weighted by atomic mass is 31.2. The average Bonchev–Trinajstić information content (AvgIpc) is 3.42. The van der Waals surface area contributed by atoms with E-state index in [0.29, 0.717) is 25.7 Å². The molecular formula is C61H118O17P2. The molecular weight excluding hydrogens is 1070 g/mol. The molecule has 0 aliphatic rings. The standard InChI is InChI=1S/C61H118O17P2/c1-6-9-12-15-18-19-20-21-22-23-24-25-32-37-42-47-61(66)78-57(51-72-59(64)45-40-35-31-27-26-30-33-38-43-54(4)5)53-76-80(69,70)74-49-55(62)48-73-79(67,68)75-52-56(77-60(65)46-41-36-29-17-14-11-8-3)50-71-58(63)44-39-34-28-16-13-10-7-2/h54-57,62H,6-53H2,1-5H3,(H,67,68)(H,69,70)/t55-,56+,57+/m0/s1. The van der Waals surface area contributed by atoms with E-state index in [4.69, 9.17) is 37.0 Å². The van der Waals surface area contributed by atoms with Crippen molar-refractivity contribution in [3.05, 3.63) is 0 Å². The Morgan fingerprint density at radius 2 is 0.575 bits per heavy atom. The smallest absolute Gasteiger partial charge is 0.462 e. The van der Waals surface area contributed by atoms with E-state index in [1.165, 1.54) is 103 Å². The van der Waals surface area contributed by atoms with Gasteiger partial charge in [0.2, 0.25) is 0 Å². The van der Waals surface area contributed by atoms with Crippen LogP contribution in [0.5, 0.6) is 0 Å². The van der Waals surface area contributed by atoms with Gasteiger partial charge in [-0.2, -0.15) is 0 Å². The number of ether oxygens (including phenoxy) is 4. The SMILES string of the molecule is CCCCCCCCCCCCCCCCCC(=O)O[C@H](COC(=O)CCCCCCCCCCC(C)C)COP(=O)(O)OC[C@@H](O)COP(=O)(O)OC[C@@H](COC(=O)CCCCCCCCC)OC(=O)CCCCCCCCC. The Kier molecular flexibility index (Phi) is 53.6. The van der Waals surface area contributed by atoms with Gasteiger partial charge >= 0.3 is 39.5 Å². The Bertz CT molecular complexity index is 1570. The van der Waals surface area contributed by atoms with Crippen LogP contribution in [0.2, 0.25) is 0 Å². The molecule has 474 valence electrons. The van der Waals surface area contributed by atoms with Gasteiger partial charge in [0.25, 0.3) is 0 Å².